The molecule has 0 aliphatic heterocycles. The van der Waals surface area contributed by atoms with Crippen LogP contribution >= 0.6 is 23.2 Å². The third-order valence-corrected chi connectivity index (χ3v) is 3.87. The van der Waals surface area contributed by atoms with Gasteiger partial charge >= 0.3 is 0 Å². The zero-order chi connectivity index (χ0) is 15.7. The Morgan fingerprint density at radius 2 is 1.73 bits per heavy atom. The molecule has 4 nitrogen and oxygen atoms in total. The zero-order valence-corrected chi connectivity index (χ0v) is 12.8. The fourth-order valence-corrected chi connectivity index (χ4v) is 2.65. The molecule has 110 valence electrons. The summed E-state index contributed by atoms with van der Waals surface area (Å²) in [6, 6.07) is 14.1. The molecule has 0 atom stereocenters. The first-order valence-corrected chi connectivity index (χ1v) is 7.36. The van der Waals surface area contributed by atoms with E-state index in [-0.39, 0.29) is 10.6 Å². The second kappa shape index (κ2) is 5.91. The monoisotopic (exact) mass is 332 g/mol. The third-order valence-electron chi connectivity index (χ3n) is 3.42. The fraction of sp³-hybridized carbons (Fsp3) is 0.0625. The molecule has 6 heteroatoms. The quantitative estimate of drug-likeness (QED) is 0.372. The van der Waals surface area contributed by atoms with Gasteiger partial charge in [0, 0.05) is 17.8 Å². The predicted molar refractivity (Wildman–Crippen MR) is 88.3 cm³/mol. The molecule has 0 radical (unpaired) electrons. The van der Waals surface area contributed by atoms with Crippen LogP contribution in [0.5, 0.6) is 0 Å². The van der Waals surface area contributed by atoms with E-state index in [4.69, 9.17) is 23.2 Å². The molecule has 0 N–H and O–H groups in total. The average Bonchev–Trinajstić information content (AvgIpc) is 2.53. The topological polar surface area (TPSA) is 56.0 Å². The summed E-state index contributed by atoms with van der Waals surface area (Å²) >= 11 is 11.6. The van der Waals surface area contributed by atoms with Crippen LogP contribution in [0.25, 0.3) is 21.9 Å². The number of halogens is 2. The van der Waals surface area contributed by atoms with Crippen molar-refractivity contribution >= 4 is 39.7 Å². The number of nitrogens with zero attached hydrogens (tertiary/aromatic N) is 2. The highest BCUT2D eigenvalue weighted by Gasteiger charge is 2.15. The Kier molecular flexibility index (Phi) is 3.96. The molecule has 3 rings (SSSR count). The van der Waals surface area contributed by atoms with Gasteiger partial charge in [-0.2, -0.15) is 0 Å². The minimum absolute atomic E-state index is 0.0884. The summed E-state index contributed by atoms with van der Waals surface area (Å²) in [7, 11) is 0. The number of nitro benzene ring substituents is 1. The number of benzene rings is 2. The van der Waals surface area contributed by atoms with E-state index in [0.29, 0.717) is 11.1 Å². The summed E-state index contributed by atoms with van der Waals surface area (Å²) in [6.07, 6.45) is 1.67. The molecule has 0 amide bonds. The summed E-state index contributed by atoms with van der Waals surface area (Å²) in [5.74, 6) is 0. The Labute approximate surface area is 136 Å². The number of nitro groups is 1. The maximum Gasteiger partial charge on any atom is 0.277 e. The smallest absolute Gasteiger partial charge is 0.258 e. The number of non-ortho nitro benzene ring substituents is 1. The standard InChI is InChI=1S/C16H10Cl2N2O2/c17-16(18)14-7-5-10(9-19-14)11-6-8-15(20(21)22)13-4-2-1-3-12(11)13/h1-9,16H. The number of rotatable bonds is 3. The van der Waals surface area contributed by atoms with Gasteiger partial charge in [-0.05, 0) is 29.1 Å². The van der Waals surface area contributed by atoms with Crippen LogP contribution in [0.4, 0.5) is 5.69 Å². The molecule has 0 saturated heterocycles. The molecule has 22 heavy (non-hydrogen) atoms. The number of alkyl halides is 2. The van der Waals surface area contributed by atoms with Crippen LogP contribution < -0.4 is 0 Å². The van der Waals surface area contributed by atoms with Gasteiger partial charge < -0.3 is 0 Å². The molecular formula is C16H10Cl2N2O2. The Morgan fingerprint density at radius 3 is 2.32 bits per heavy atom. The Bertz CT molecular complexity index is 848. The predicted octanol–water partition coefficient (Wildman–Crippen LogP) is 5.29. The summed E-state index contributed by atoms with van der Waals surface area (Å²) in [5, 5.41) is 12.6. The van der Waals surface area contributed by atoms with E-state index in [0.717, 1.165) is 16.5 Å². The van der Waals surface area contributed by atoms with Crippen LogP contribution in [0.1, 0.15) is 10.5 Å². The van der Waals surface area contributed by atoms with Crippen molar-refractivity contribution in [1.82, 2.24) is 4.98 Å². The minimum Gasteiger partial charge on any atom is -0.258 e. The van der Waals surface area contributed by atoms with Crippen molar-refractivity contribution in [3.05, 3.63) is 70.5 Å². The molecule has 0 aliphatic carbocycles. The summed E-state index contributed by atoms with van der Waals surface area (Å²) in [4.78, 5) is 14.3. The molecule has 2 aromatic carbocycles. The second-order valence-electron chi connectivity index (χ2n) is 4.71. The summed E-state index contributed by atoms with van der Waals surface area (Å²) in [6.45, 7) is 0. The highest BCUT2D eigenvalue weighted by molar-refractivity contribution is 6.43. The van der Waals surface area contributed by atoms with Gasteiger partial charge in [0.2, 0.25) is 0 Å². The number of pyridine rings is 1. The van der Waals surface area contributed by atoms with E-state index in [1.165, 1.54) is 6.07 Å². The van der Waals surface area contributed by atoms with E-state index in [1.807, 2.05) is 18.2 Å². The molecule has 1 heterocycles. The van der Waals surface area contributed by atoms with Gasteiger partial charge in [0.25, 0.3) is 5.69 Å². The van der Waals surface area contributed by atoms with Crippen molar-refractivity contribution in [3.8, 4) is 11.1 Å². The molecule has 0 fully saturated rings. The third kappa shape index (κ3) is 2.63. The van der Waals surface area contributed by atoms with Gasteiger partial charge in [0.1, 0.15) is 4.84 Å². The van der Waals surface area contributed by atoms with Gasteiger partial charge in [-0.1, -0.05) is 47.5 Å². The van der Waals surface area contributed by atoms with Crippen molar-refractivity contribution in [2.24, 2.45) is 0 Å². The van der Waals surface area contributed by atoms with Gasteiger partial charge in [0.05, 0.1) is 16.0 Å². The molecule has 0 spiro atoms. The number of hydrogen-bond donors (Lipinski definition) is 0. The van der Waals surface area contributed by atoms with E-state index < -0.39 is 4.84 Å². The van der Waals surface area contributed by atoms with E-state index in [2.05, 4.69) is 4.98 Å². The molecule has 0 saturated carbocycles. The van der Waals surface area contributed by atoms with Crippen LogP contribution in [0.2, 0.25) is 0 Å². The molecule has 0 unspecified atom stereocenters. The van der Waals surface area contributed by atoms with Crippen molar-refractivity contribution in [2.75, 3.05) is 0 Å². The zero-order valence-electron chi connectivity index (χ0n) is 11.2. The minimum atomic E-state index is -0.678. The van der Waals surface area contributed by atoms with Crippen LogP contribution in [0.15, 0.2) is 54.7 Å². The normalized spacial score (nSPS) is 11.0. The first-order valence-electron chi connectivity index (χ1n) is 6.48. The van der Waals surface area contributed by atoms with Gasteiger partial charge in [-0.3, -0.25) is 15.1 Å². The van der Waals surface area contributed by atoms with Gasteiger partial charge in [-0.15, -0.1) is 0 Å². The van der Waals surface area contributed by atoms with Crippen LogP contribution in [-0.4, -0.2) is 9.91 Å². The Morgan fingerprint density at radius 1 is 1.00 bits per heavy atom. The van der Waals surface area contributed by atoms with Crippen LogP contribution in [0, 0.1) is 10.1 Å². The summed E-state index contributed by atoms with van der Waals surface area (Å²) < 4.78 is 0. The van der Waals surface area contributed by atoms with Crippen molar-refractivity contribution < 1.29 is 4.92 Å². The second-order valence-corrected chi connectivity index (χ2v) is 5.80. The van der Waals surface area contributed by atoms with Crippen LogP contribution in [-0.2, 0) is 0 Å². The number of aromatic nitrogens is 1. The van der Waals surface area contributed by atoms with Crippen molar-refractivity contribution in [1.29, 1.82) is 0 Å². The highest BCUT2D eigenvalue weighted by atomic mass is 35.5. The fourth-order valence-electron chi connectivity index (χ4n) is 2.39. The maximum absolute atomic E-state index is 11.1. The van der Waals surface area contributed by atoms with Gasteiger partial charge in [0.15, 0.2) is 0 Å². The van der Waals surface area contributed by atoms with Crippen LogP contribution in [0.3, 0.4) is 0 Å². The lowest BCUT2D eigenvalue weighted by atomic mass is 9.98. The largest absolute Gasteiger partial charge is 0.277 e. The highest BCUT2D eigenvalue weighted by Crippen LogP contribution is 2.34. The number of fused-ring (bicyclic) bond motifs is 1. The maximum atomic E-state index is 11.1. The van der Waals surface area contributed by atoms with E-state index in [1.54, 1.807) is 30.5 Å². The van der Waals surface area contributed by atoms with Crippen molar-refractivity contribution in [2.45, 2.75) is 4.84 Å². The molecule has 3 aromatic rings. The number of hydrogen-bond acceptors (Lipinski definition) is 3. The lowest BCUT2D eigenvalue weighted by Crippen LogP contribution is -1.92. The first-order chi connectivity index (χ1) is 10.6. The van der Waals surface area contributed by atoms with E-state index in [9.17, 15) is 10.1 Å². The SMILES string of the molecule is O=[N+]([O-])c1ccc(-c2ccc(C(Cl)Cl)nc2)c2ccccc12. The Balaban J connectivity index is 2.19. The molecule has 0 aliphatic rings. The lowest BCUT2D eigenvalue weighted by Gasteiger charge is -2.08. The Hall–Kier alpha value is -2.17. The summed E-state index contributed by atoms with van der Waals surface area (Å²) in [5.41, 5.74) is 2.38. The first kappa shape index (κ1) is 14.8. The average molecular weight is 333 g/mol. The molecular weight excluding hydrogens is 323 g/mol. The lowest BCUT2D eigenvalue weighted by molar-refractivity contribution is -0.383. The molecule has 1 aromatic heterocycles. The molecule has 0 bridgehead atoms. The van der Waals surface area contributed by atoms with Gasteiger partial charge in [-0.25, -0.2) is 0 Å². The van der Waals surface area contributed by atoms with E-state index >= 15 is 0 Å². The van der Waals surface area contributed by atoms with Crippen molar-refractivity contribution in [3.63, 3.8) is 0 Å².